The van der Waals surface area contributed by atoms with Crippen LogP contribution in [0.3, 0.4) is 0 Å². The highest BCUT2D eigenvalue weighted by Crippen LogP contribution is 2.34. The zero-order valence-corrected chi connectivity index (χ0v) is 22.2. The summed E-state index contributed by atoms with van der Waals surface area (Å²) in [6.45, 7) is 8.24. The molecule has 2 heterocycles. The number of thiophene rings is 1. The molecule has 0 aliphatic carbocycles. The van der Waals surface area contributed by atoms with Gasteiger partial charge >= 0.3 is 0 Å². The van der Waals surface area contributed by atoms with E-state index in [2.05, 4.69) is 15.5 Å². The Morgan fingerprint density at radius 2 is 1.89 bits per heavy atom. The highest BCUT2D eigenvalue weighted by Gasteiger charge is 2.37. The monoisotopic (exact) mass is 530 g/mol. The Bertz CT molecular complexity index is 1140. The molecule has 0 saturated carbocycles. The van der Waals surface area contributed by atoms with Crippen molar-refractivity contribution in [1.82, 2.24) is 20.9 Å². The van der Waals surface area contributed by atoms with Crippen molar-refractivity contribution in [3.05, 3.63) is 53.2 Å². The van der Waals surface area contributed by atoms with Gasteiger partial charge in [-0.1, -0.05) is 44.1 Å². The van der Waals surface area contributed by atoms with E-state index < -0.39 is 35.3 Å². The number of hydroxylamine groups is 1. The van der Waals surface area contributed by atoms with Crippen LogP contribution in [0.25, 0.3) is 10.8 Å². The smallest absolute Gasteiger partial charge is 0.272 e. The molecule has 4 N–H and O–H groups in total. The highest BCUT2D eigenvalue weighted by atomic mass is 32.1. The van der Waals surface area contributed by atoms with E-state index in [1.165, 1.54) is 16.8 Å². The van der Waals surface area contributed by atoms with E-state index >= 15 is 0 Å². The number of nitrogens with zero attached hydrogens (tertiary/aromatic N) is 2. The molecule has 2 aromatic heterocycles. The molecule has 0 spiro atoms. The van der Waals surface area contributed by atoms with E-state index in [0.717, 1.165) is 16.2 Å². The van der Waals surface area contributed by atoms with Crippen LogP contribution in [0, 0.1) is 11.3 Å². The second-order valence-corrected chi connectivity index (χ2v) is 10.7. The molecule has 0 saturated heterocycles. The first-order valence-electron chi connectivity index (χ1n) is 12.2. The molecule has 0 aliphatic heterocycles. The van der Waals surface area contributed by atoms with Crippen molar-refractivity contribution < 1.29 is 29.2 Å². The molecule has 200 valence electrons. The lowest BCUT2D eigenvalue weighted by Gasteiger charge is -2.31. The van der Waals surface area contributed by atoms with Gasteiger partial charge < -0.3 is 19.7 Å². The van der Waals surface area contributed by atoms with Crippen LogP contribution in [-0.4, -0.2) is 45.0 Å². The first-order valence-corrected chi connectivity index (χ1v) is 13.0. The average molecular weight is 531 g/mol. The number of benzene rings is 1. The molecule has 2 amide bonds. The minimum atomic E-state index is -1.74. The third-order valence-electron chi connectivity index (χ3n) is 5.90. The highest BCUT2D eigenvalue weighted by molar-refractivity contribution is 7.13. The predicted molar refractivity (Wildman–Crippen MR) is 138 cm³/mol. The number of hydrogen-bond donors (Lipinski definition) is 4. The van der Waals surface area contributed by atoms with Gasteiger partial charge in [0.1, 0.15) is 11.9 Å². The Kier molecular flexibility index (Phi) is 9.79. The number of aliphatic hydroxyl groups is 1. The summed E-state index contributed by atoms with van der Waals surface area (Å²) in [5.41, 5.74) is 1.96. The molecular weight excluding hydrogens is 496 g/mol. The molecule has 37 heavy (non-hydrogen) atoms. The Morgan fingerprint density at radius 3 is 2.49 bits per heavy atom. The lowest BCUT2D eigenvalue weighted by molar-refractivity contribution is -0.146. The molecule has 3 rings (SSSR count). The van der Waals surface area contributed by atoms with Crippen LogP contribution in [0.2, 0.25) is 0 Å². The summed E-state index contributed by atoms with van der Waals surface area (Å²) in [6.07, 6.45) is -0.386. The maximum absolute atomic E-state index is 13.4. The number of aliphatic hydroxyl groups excluding tert-OH is 1. The Balaban J connectivity index is 1.74. The fourth-order valence-electron chi connectivity index (χ4n) is 3.90. The van der Waals surface area contributed by atoms with Crippen LogP contribution < -0.4 is 15.5 Å². The molecule has 0 fully saturated rings. The van der Waals surface area contributed by atoms with Crippen LogP contribution in [0.4, 0.5) is 0 Å². The lowest BCUT2D eigenvalue weighted by Crippen LogP contribution is -2.48. The molecule has 0 radical (unpaired) electrons. The first-order chi connectivity index (χ1) is 17.6. The van der Waals surface area contributed by atoms with E-state index in [1.807, 2.05) is 69.5 Å². The molecule has 1 aromatic carbocycles. The molecular formula is C26H34N4O6S. The van der Waals surface area contributed by atoms with Crippen LogP contribution in [0.15, 0.2) is 46.3 Å². The van der Waals surface area contributed by atoms with E-state index in [4.69, 9.17) is 14.5 Å². The maximum atomic E-state index is 13.4. The van der Waals surface area contributed by atoms with Crippen molar-refractivity contribution in [3.63, 3.8) is 0 Å². The van der Waals surface area contributed by atoms with Gasteiger partial charge in [0.25, 0.3) is 11.8 Å². The van der Waals surface area contributed by atoms with Crippen molar-refractivity contribution in [1.29, 1.82) is 0 Å². The van der Waals surface area contributed by atoms with Gasteiger partial charge in [-0.25, -0.2) is 5.48 Å². The largest absolute Gasteiger partial charge is 0.494 e. The van der Waals surface area contributed by atoms with Crippen LogP contribution in [0.1, 0.15) is 58.0 Å². The standard InChI is InChI=1S/C26H34N4O6S/c1-5-35-17-13-11-16(12-14-17)8-6-9-18(20(31)24(33)29-34)23(32)27-21(26(2,3)4)22-28-25(36-30-22)19-10-7-15-37-19/h7,10-15,18,20-21,31,34H,5-6,8-9H2,1-4H3,(H,27,32)(H,29,33)/t18-,20-,21+/m0/s1. The molecule has 0 unspecified atom stereocenters. The fourth-order valence-corrected chi connectivity index (χ4v) is 4.54. The van der Waals surface area contributed by atoms with Crippen molar-refractivity contribution in [2.45, 2.75) is 59.1 Å². The van der Waals surface area contributed by atoms with Crippen molar-refractivity contribution >= 4 is 23.2 Å². The number of aromatic nitrogens is 2. The summed E-state index contributed by atoms with van der Waals surface area (Å²) >= 11 is 1.46. The summed E-state index contributed by atoms with van der Waals surface area (Å²) in [5, 5.41) is 28.5. The van der Waals surface area contributed by atoms with Gasteiger partial charge in [0.05, 0.1) is 23.4 Å². The number of carbonyl (C=O) groups is 2. The van der Waals surface area contributed by atoms with Gasteiger partial charge in [-0.15, -0.1) is 11.3 Å². The number of ether oxygens (including phenoxy) is 1. The normalized spacial score (nSPS) is 14.0. The minimum absolute atomic E-state index is 0.206. The third kappa shape index (κ3) is 7.61. The molecule has 0 aliphatic rings. The summed E-state index contributed by atoms with van der Waals surface area (Å²) < 4.78 is 10.9. The SMILES string of the molecule is CCOc1ccc(CCC[C@H](C(=O)N[C@H](c2noc(-c3cccs3)n2)C(C)(C)C)[C@H](O)C(=O)NO)cc1. The van der Waals surface area contributed by atoms with E-state index in [0.29, 0.717) is 31.2 Å². The zero-order valence-electron chi connectivity index (χ0n) is 21.4. The van der Waals surface area contributed by atoms with Crippen LogP contribution in [0.5, 0.6) is 5.75 Å². The van der Waals surface area contributed by atoms with Gasteiger partial charge in [0, 0.05) is 0 Å². The number of rotatable bonds is 12. The summed E-state index contributed by atoms with van der Waals surface area (Å²) in [4.78, 5) is 30.7. The topological polar surface area (TPSA) is 147 Å². The van der Waals surface area contributed by atoms with Crippen LogP contribution >= 0.6 is 11.3 Å². The van der Waals surface area contributed by atoms with E-state index in [-0.39, 0.29) is 6.42 Å². The van der Waals surface area contributed by atoms with E-state index in [9.17, 15) is 14.7 Å². The van der Waals surface area contributed by atoms with Gasteiger partial charge in [0.15, 0.2) is 5.82 Å². The quantitative estimate of drug-likeness (QED) is 0.204. The Morgan fingerprint density at radius 1 is 1.16 bits per heavy atom. The third-order valence-corrected chi connectivity index (χ3v) is 6.75. The maximum Gasteiger partial charge on any atom is 0.272 e. The molecule has 10 nitrogen and oxygen atoms in total. The number of amides is 2. The second-order valence-electron chi connectivity index (χ2n) is 9.74. The molecule has 0 bridgehead atoms. The van der Waals surface area contributed by atoms with Crippen molar-refractivity contribution in [3.8, 4) is 16.5 Å². The van der Waals surface area contributed by atoms with Gasteiger partial charge in [-0.2, -0.15) is 4.98 Å². The molecule has 3 atom stereocenters. The Hall–Kier alpha value is -3.28. The number of hydrogen-bond acceptors (Lipinski definition) is 9. The van der Waals surface area contributed by atoms with Crippen LogP contribution in [-0.2, 0) is 16.0 Å². The van der Waals surface area contributed by atoms with Crippen molar-refractivity contribution in [2.75, 3.05) is 6.61 Å². The van der Waals surface area contributed by atoms with Gasteiger partial charge in [-0.3, -0.25) is 14.8 Å². The lowest BCUT2D eigenvalue weighted by atomic mass is 9.85. The first kappa shape index (κ1) is 28.3. The number of aryl methyl sites for hydroxylation is 1. The second kappa shape index (κ2) is 12.8. The summed E-state index contributed by atoms with van der Waals surface area (Å²) in [5.74, 6) is -1.30. The summed E-state index contributed by atoms with van der Waals surface area (Å²) in [6, 6.07) is 10.7. The fraction of sp³-hybridized carbons (Fsp3) is 0.462. The van der Waals surface area contributed by atoms with Gasteiger partial charge in [-0.05, 0) is 60.7 Å². The molecule has 3 aromatic rings. The number of nitrogens with one attached hydrogen (secondary N) is 2. The van der Waals surface area contributed by atoms with Gasteiger partial charge in [0.2, 0.25) is 5.91 Å². The summed E-state index contributed by atoms with van der Waals surface area (Å²) in [7, 11) is 0. The molecule has 11 heteroatoms. The Labute approximate surface area is 220 Å². The number of carbonyl (C=O) groups excluding carboxylic acids is 2. The minimum Gasteiger partial charge on any atom is -0.494 e. The zero-order chi connectivity index (χ0) is 27.0. The average Bonchev–Trinajstić information content (AvgIpc) is 3.57. The van der Waals surface area contributed by atoms with Crippen molar-refractivity contribution in [2.24, 2.45) is 11.3 Å². The predicted octanol–water partition coefficient (Wildman–Crippen LogP) is 3.91. The van der Waals surface area contributed by atoms with E-state index in [1.54, 1.807) is 0 Å².